The summed E-state index contributed by atoms with van der Waals surface area (Å²) in [7, 11) is 0. The smallest absolute Gasteiger partial charge is 0.354 e. The summed E-state index contributed by atoms with van der Waals surface area (Å²) in [6.07, 6.45) is 0.855. The highest BCUT2D eigenvalue weighted by Gasteiger charge is 2.18. The summed E-state index contributed by atoms with van der Waals surface area (Å²) in [5.41, 5.74) is 0.562. The van der Waals surface area contributed by atoms with Crippen molar-refractivity contribution >= 4 is 11.7 Å². The first-order valence-electron chi connectivity index (χ1n) is 8.06. The van der Waals surface area contributed by atoms with Crippen LogP contribution in [0.3, 0.4) is 0 Å². The number of phenolic OH excluding ortho intramolecular Hbond substituents is 1. The Hall–Kier alpha value is -1.88. The molecule has 0 heterocycles. The lowest BCUT2D eigenvalue weighted by Gasteiger charge is -2.31. The predicted molar refractivity (Wildman–Crippen MR) is 92.6 cm³/mol. The number of carboxylic acid groups (broad SMARTS) is 1. The van der Waals surface area contributed by atoms with Crippen LogP contribution >= 0.6 is 0 Å². The maximum atomic E-state index is 10.9. The van der Waals surface area contributed by atoms with Crippen LogP contribution in [0.1, 0.15) is 58.1 Å². The molecule has 0 spiro atoms. The Balaban J connectivity index is 2.91. The van der Waals surface area contributed by atoms with Gasteiger partial charge in [-0.25, -0.2) is 4.79 Å². The number of hydrogen-bond acceptors (Lipinski definition) is 4. The molecule has 1 rings (SSSR count). The van der Waals surface area contributed by atoms with E-state index in [-0.39, 0.29) is 11.7 Å². The van der Waals surface area contributed by atoms with Gasteiger partial charge in [-0.1, -0.05) is 6.92 Å². The summed E-state index contributed by atoms with van der Waals surface area (Å²) in [6.45, 7) is 11.6. The van der Waals surface area contributed by atoms with Crippen LogP contribution in [-0.2, 0) is 4.79 Å². The number of benzene rings is 1. The van der Waals surface area contributed by atoms with Gasteiger partial charge in [-0.2, -0.15) is 0 Å². The molecule has 1 atom stereocenters. The van der Waals surface area contributed by atoms with Gasteiger partial charge in [0.2, 0.25) is 0 Å². The topological polar surface area (TPSA) is 84.6 Å². The van der Waals surface area contributed by atoms with Crippen LogP contribution < -0.4 is 0 Å². The van der Waals surface area contributed by atoms with Crippen LogP contribution in [0.25, 0.3) is 0 Å². The molecule has 1 aromatic carbocycles. The van der Waals surface area contributed by atoms with Gasteiger partial charge < -0.3 is 10.2 Å². The van der Waals surface area contributed by atoms with Gasteiger partial charge in [-0.05, 0) is 70.3 Å². The van der Waals surface area contributed by atoms with E-state index >= 15 is 0 Å². The molecule has 0 bridgehead atoms. The maximum absolute atomic E-state index is 10.9. The minimum atomic E-state index is -1.26. The zero-order chi connectivity index (χ0) is 17.7. The highest BCUT2D eigenvalue weighted by atomic mass is 16.4. The summed E-state index contributed by atoms with van der Waals surface area (Å²) in [6, 6.07) is 5.45. The average molecular weight is 320 g/mol. The van der Waals surface area contributed by atoms with Crippen molar-refractivity contribution in [2.75, 3.05) is 6.54 Å². The van der Waals surface area contributed by atoms with E-state index in [0.29, 0.717) is 23.2 Å². The zero-order valence-electron chi connectivity index (χ0n) is 14.6. The minimum Gasteiger partial charge on any atom is -0.508 e. The van der Waals surface area contributed by atoms with Crippen LogP contribution in [-0.4, -0.2) is 45.4 Å². The first kappa shape index (κ1) is 19.2. The van der Waals surface area contributed by atoms with Crippen molar-refractivity contribution in [3.63, 3.8) is 0 Å². The van der Waals surface area contributed by atoms with Crippen molar-refractivity contribution in [1.82, 2.24) is 4.90 Å². The van der Waals surface area contributed by atoms with E-state index in [0.717, 1.165) is 13.0 Å². The molecule has 0 aliphatic heterocycles. The van der Waals surface area contributed by atoms with Gasteiger partial charge in [0, 0.05) is 17.6 Å². The Labute approximate surface area is 138 Å². The monoisotopic (exact) mass is 320 g/mol. The SMILES string of the molecule is CC(CCN(C(C)C)C(C)C)c1cc(C(=N)C(=O)O)ccc1O. The molecule has 0 fully saturated rings. The van der Waals surface area contributed by atoms with E-state index < -0.39 is 11.7 Å². The second-order valence-electron chi connectivity index (χ2n) is 6.57. The van der Waals surface area contributed by atoms with E-state index in [1.807, 2.05) is 6.92 Å². The van der Waals surface area contributed by atoms with E-state index in [1.54, 1.807) is 6.07 Å². The molecule has 0 aliphatic rings. The lowest BCUT2D eigenvalue weighted by atomic mass is 9.93. The number of aromatic hydroxyl groups is 1. The molecule has 1 unspecified atom stereocenters. The average Bonchev–Trinajstić information content (AvgIpc) is 2.46. The Bertz CT molecular complexity index is 559. The molecule has 0 saturated carbocycles. The predicted octanol–water partition coefficient (Wildman–Crippen LogP) is 3.46. The van der Waals surface area contributed by atoms with Gasteiger partial charge in [0.25, 0.3) is 0 Å². The van der Waals surface area contributed by atoms with Gasteiger partial charge >= 0.3 is 5.97 Å². The molecule has 23 heavy (non-hydrogen) atoms. The maximum Gasteiger partial charge on any atom is 0.354 e. The summed E-state index contributed by atoms with van der Waals surface area (Å²) in [4.78, 5) is 13.3. The number of phenols is 1. The van der Waals surface area contributed by atoms with E-state index in [9.17, 15) is 9.90 Å². The third-order valence-electron chi connectivity index (χ3n) is 4.21. The largest absolute Gasteiger partial charge is 0.508 e. The number of rotatable bonds is 8. The van der Waals surface area contributed by atoms with Crippen molar-refractivity contribution in [1.29, 1.82) is 5.41 Å². The molecule has 0 aromatic heterocycles. The van der Waals surface area contributed by atoms with Crippen molar-refractivity contribution < 1.29 is 15.0 Å². The molecule has 128 valence electrons. The zero-order valence-corrected chi connectivity index (χ0v) is 14.6. The number of aliphatic carboxylic acids is 1. The van der Waals surface area contributed by atoms with E-state index in [1.165, 1.54) is 12.1 Å². The quantitative estimate of drug-likeness (QED) is 0.640. The first-order valence-corrected chi connectivity index (χ1v) is 8.06. The molecule has 5 heteroatoms. The summed E-state index contributed by atoms with van der Waals surface area (Å²) < 4.78 is 0. The van der Waals surface area contributed by atoms with Crippen LogP contribution in [0, 0.1) is 5.41 Å². The van der Waals surface area contributed by atoms with E-state index in [4.69, 9.17) is 10.5 Å². The van der Waals surface area contributed by atoms with Gasteiger partial charge in [-0.15, -0.1) is 0 Å². The molecule has 0 saturated heterocycles. The third-order valence-corrected chi connectivity index (χ3v) is 4.21. The lowest BCUT2D eigenvalue weighted by molar-refractivity contribution is -0.129. The molecular formula is C18H28N2O3. The van der Waals surface area contributed by atoms with Crippen molar-refractivity contribution in [3.05, 3.63) is 29.3 Å². The fraction of sp³-hybridized carbons (Fsp3) is 0.556. The molecular weight excluding hydrogens is 292 g/mol. The number of carbonyl (C=O) groups is 1. The highest BCUT2D eigenvalue weighted by Crippen LogP contribution is 2.29. The third kappa shape index (κ3) is 5.06. The number of carboxylic acids is 1. The Morgan fingerprint density at radius 1 is 1.17 bits per heavy atom. The highest BCUT2D eigenvalue weighted by molar-refractivity contribution is 6.41. The van der Waals surface area contributed by atoms with Crippen LogP contribution in [0.5, 0.6) is 5.75 Å². The van der Waals surface area contributed by atoms with Gasteiger partial charge in [0.05, 0.1) is 0 Å². The fourth-order valence-electron chi connectivity index (χ4n) is 2.84. The van der Waals surface area contributed by atoms with Crippen molar-refractivity contribution in [2.24, 2.45) is 0 Å². The van der Waals surface area contributed by atoms with Crippen LogP contribution in [0.15, 0.2) is 18.2 Å². The molecule has 5 nitrogen and oxygen atoms in total. The lowest BCUT2D eigenvalue weighted by Crippen LogP contribution is -2.38. The van der Waals surface area contributed by atoms with Crippen molar-refractivity contribution in [3.8, 4) is 5.75 Å². The molecule has 0 amide bonds. The molecule has 3 N–H and O–H groups in total. The number of nitrogens with zero attached hydrogens (tertiary/aromatic N) is 1. The Morgan fingerprint density at radius 3 is 2.22 bits per heavy atom. The van der Waals surface area contributed by atoms with Gasteiger partial charge in [-0.3, -0.25) is 10.3 Å². The fourth-order valence-corrected chi connectivity index (χ4v) is 2.84. The van der Waals surface area contributed by atoms with Crippen LogP contribution in [0.4, 0.5) is 0 Å². The van der Waals surface area contributed by atoms with Crippen LogP contribution in [0.2, 0.25) is 0 Å². The normalized spacial score (nSPS) is 12.9. The molecule has 0 aliphatic carbocycles. The summed E-state index contributed by atoms with van der Waals surface area (Å²) >= 11 is 0. The summed E-state index contributed by atoms with van der Waals surface area (Å²) in [5, 5.41) is 26.6. The Kier molecular flexibility index (Phi) is 6.76. The Morgan fingerprint density at radius 2 is 1.74 bits per heavy atom. The number of hydrogen-bond donors (Lipinski definition) is 3. The van der Waals surface area contributed by atoms with Gasteiger partial charge in [0.1, 0.15) is 11.5 Å². The standard InChI is InChI=1S/C18H28N2O3/c1-11(2)20(12(3)4)9-8-13(5)15-10-14(6-7-16(15)21)17(19)18(22)23/h6-7,10-13,19,21H,8-9H2,1-5H3,(H,22,23). The number of nitrogens with one attached hydrogen (secondary N) is 1. The van der Waals surface area contributed by atoms with E-state index in [2.05, 4.69) is 32.6 Å². The van der Waals surface area contributed by atoms with Gasteiger partial charge in [0.15, 0.2) is 0 Å². The van der Waals surface area contributed by atoms with Crippen molar-refractivity contribution in [2.45, 2.75) is 59.0 Å². The summed E-state index contributed by atoms with van der Waals surface area (Å²) in [5.74, 6) is -1.03. The second-order valence-corrected chi connectivity index (χ2v) is 6.57. The minimum absolute atomic E-state index is 0.0801. The molecule has 1 aromatic rings. The molecule has 0 radical (unpaired) electrons. The second kappa shape index (κ2) is 8.11. The first-order chi connectivity index (χ1) is 10.6.